The topological polar surface area (TPSA) is 49.4 Å². The normalized spacial score (nSPS) is 15.3. The zero-order valence-corrected chi connectivity index (χ0v) is 8.36. The first-order valence-electron chi connectivity index (χ1n) is 4.47. The van der Waals surface area contributed by atoms with Crippen molar-refractivity contribution in [3.8, 4) is 0 Å². The van der Waals surface area contributed by atoms with Gasteiger partial charge in [-0.15, -0.1) is 0 Å². The lowest BCUT2D eigenvalue weighted by molar-refractivity contribution is -0.117. The van der Waals surface area contributed by atoms with Crippen LogP contribution in [0.5, 0.6) is 0 Å². The van der Waals surface area contributed by atoms with Crippen LogP contribution in [0.25, 0.3) is 0 Å². The molecule has 1 aliphatic rings. The number of nitrogens with one attached hydrogen (secondary N) is 1. The lowest BCUT2D eigenvalue weighted by atomic mass is 10.2. The van der Waals surface area contributed by atoms with Crippen LogP contribution >= 0.6 is 0 Å². The van der Waals surface area contributed by atoms with E-state index in [1.165, 1.54) is 0 Å². The minimum Gasteiger partial charge on any atom is -0.279 e. The molecule has 0 spiro atoms. The van der Waals surface area contributed by atoms with Crippen LogP contribution in [0.3, 0.4) is 0 Å². The monoisotopic (exact) mass is 266 g/mol. The molecular formula is C9H3F5N2O2. The molecule has 1 N–H and O–H groups in total. The number of anilines is 1. The molecule has 1 saturated heterocycles. The third-order valence-electron chi connectivity index (χ3n) is 2.25. The van der Waals surface area contributed by atoms with Crippen molar-refractivity contribution >= 4 is 17.6 Å². The number of urea groups is 1. The second-order valence-corrected chi connectivity index (χ2v) is 3.36. The van der Waals surface area contributed by atoms with Crippen molar-refractivity contribution in [1.82, 2.24) is 5.32 Å². The van der Waals surface area contributed by atoms with Crippen LogP contribution in [0.2, 0.25) is 0 Å². The average Bonchev–Trinajstić information content (AvgIpc) is 2.64. The fraction of sp³-hybridized carbons (Fsp3) is 0.111. The van der Waals surface area contributed by atoms with E-state index in [0.717, 1.165) is 0 Å². The maximum atomic E-state index is 13.3. The minimum atomic E-state index is -2.33. The number of carbonyl (C=O) groups is 2. The Morgan fingerprint density at radius 2 is 1.28 bits per heavy atom. The second kappa shape index (κ2) is 3.93. The molecule has 4 nitrogen and oxygen atoms in total. The number of hydrogen-bond donors (Lipinski definition) is 1. The van der Waals surface area contributed by atoms with Crippen molar-refractivity contribution in [2.45, 2.75) is 0 Å². The van der Waals surface area contributed by atoms with Crippen molar-refractivity contribution in [2.24, 2.45) is 0 Å². The summed E-state index contributed by atoms with van der Waals surface area (Å²) >= 11 is 0. The third-order valence-corrected chi connectivity index (χ3v) is 2.25. The van der Waals surface area contributed by atoms with Crippen LogP contribution in [0.15, 0.2) is 0 Å². The van der Waals surface area contributed by atoms with E-state index in [9.17, 15) is 31.5 Å². The summed E-state index contributed by atoms with van der Waals surface area (Å²) in [5.74, 6) is -12.0. The van der Waals surface area contributed by atoms with E-state index in [0.29, 0.717) is 0 Å². The molecule has 0 aromatic heterocycles. The number of benzene rings is 1. The molecule has 1 aromatic carbocycles. The van der Waals surface area contributed by atoms with Gasteiger partial charge in [0.25, 0.3) is 0 Å². The van der Waals surface area contributed by atoms with Gasteiger partial charge in [0.1, 0.15) is 12.2 Å². The van der Waals surface area contributed by atoms with E-state index < -0.39 is 53.3 Å². The molecule has 1 aromatic rings. The molecule has 1 fully saturated rings. The lowest BCUT2D eigenvalue weighted by Crippen LogP contribution is -2.30. The first-order valence-corrected chi connectivity index (χ1v) is 4.47. The smallest absolute Gasteiger partial charge is 0.279 e. The molecule has 0 unspecified atom stereocenters. The van der Waals surface area contributed by atoms with Gasteiger partial charge in [0.2, 0.25) is 11.7 Å². The van der Waals surface area contributed by atoms with Gasteiger partial charge in [0.15, 0.2) is 23.3 Å². The number of rotatable bonds is 1. The van der Waals surface area contributed by atoms with Gasteiger partial charge in [-0.1, -0.05) is 0 Å². The maximum absolute atomic E-state index is 13.3. The predicted octanol–water partition coefficient (Wildman–Crippen LogP) is 1.44. The molecule has 96 valence electrons. The number of halogens is 5. The summed E-state index contributed by atoms with van der Waals surface area (Å²) in [7, 11) is 0. The molecule has 0 saturated carbocycles. The Labute approximate surface area is 96.0 Å². The molecule has 3 amide bonds. The van der Waals surface area contributed by atoms with Gasteiger partial charge in [-0.05, 0) is 0 Å². The highest BCUT2D eigenvalue weighted by molar-refractivity contribution is 6.12. The van der Waals surface area contributed by atoms with Gasteiger partial charge in [0.05, 0.1) is 0 Å². The van der Waals surface area contributed by atoms with E-state index in [4.69, 9.17) is 0 Å². The maximum Gasteiger partial charge on any atom is 0.329 e. The zero-order chi connectivity index (χ0) is 13.6. The Hall–Kier alpha value is -2.19. The average molecular weight is 266 g/mol. The summed E-state index contributed by atoms with van der Waals surface area (Å²) in [5.41, 5.74) is -1.45. The third kappa shape index (κ3) is 1.59. The number of amides is 3. The van der Waals surface area contributed by atoms with Crippen LogP contribution in [0.1, 0.15) is 0 Å². The first-order chi connectivity index (χ1) is 8.34. The molecule has 0 aliphatic carbocycles. The van der Waals surface area contributed by atoms with Crippen molar-refractivity contribution in [3.05, 3.63) is 29.1 Å². The Kier molecular flexibility index (Phi) is 2.68. The highest BCUT2D eigenvalue weighted by atomic mass is 19.2. The summed E-state index contributed by atoms with van der Waals surface area (Å²) in [6, 6.07) is -1.26. The van der Waals surface area contributed by atoms with Gasteiger partial charge in [0, 0.05) is 0 Å². The van der Waals surface area contributed by atoms with Gasteiger partial charge in [-0.2, -0.15) is 0 Å². The second-order valence-electron chi connectivity index (χ2n) is 3.36. The summed E-state index contributed by atoms with van der Waals surface area (Å²) in [6.07, 6.45) is 0. The SMILES string of the molecule is O=C1CN(c2c(F)c(F)c(F)c(F)c2F)C(=O)N1. The van der Waals surface area contributed by atoms with E-state index in [2.05, 4.69) is 0 Å². The fourth-order valence-electron chi connectivity index (χ4n) is 1.45. The molecule has 9 heteroatoms. The zero-order valence-electron chi connectivity index (χ0n) is 8.36. The predicted molar refractivity (Wildman–Crippen MR) is 47.1 cm³/mol. The van der Waals surface area contributed by atoms with Crippen molar-refractivity contribution in [2.75, 3.05) is 11.4 Å². The Bertz CT molecular complexity index is 546. The Balaban J connectivity index is 2.65. The largest absolute Gasteiger partial charge is 0.329 e. The standard InChI is InChI=1S/C9H3F5N2O2/c10-3-4(11)6(13)8(7(14)5(3)12)16-1-2(17)15-9(16)18/h1H2,(H,15,17,18). The van der Waals surface area contributed by atoms with Gasteiger partial charge >= 0.3 is 6.03 Å². The molecule has 2 rings (SSSR count). The summed E-state index contributed by atoms with van der Waals surface area (Å²) < 4.78 is 65.1. The van der Waals surface area contributed by atoms with Crippen molar-refractivity contribution < 1.29 is 31.5 Å². The van der Waals surface area contributed by atoms with Crippen LogP contribution in [-0.4, -0.2) is 18.5 Å². The fourth-order valence-corrected chi connectivity index (χ4v) is 1.45. The Morgan fingerprint density at radius 1 is 0.833 bits per heavy atom. The molecule has 1 aliphatic heterocycles. The van der Waals surface area contributed by atoms with Crippen LogP contribution in [0.4, 0.5) is 32.4 Å². The molecule has 18 heavy (non-hydrogen) atoms. The highest BCUT2D eigenvalue weighted by Crippen LogP contribution is 2.30. The molecule has 0 atom stereocenters. The van der Waals surface area contributed by atoms with E-state index >= 15 is 0 Å². The summed E-state index contributed by atoms with van der Waals surface area (Å²) in [6.45, 7) is -0.822. The van der Waals surface area contributed by atoms with Crippen LogP contribution in [-0.2, 0) is 4.79 Å². The molecule has 1 heterocycles. The lowest BCUT2D eigenvalue weighted by Gasteiger charge is -2.16. The minimum absolute atomic E-state index is 0.137. The number of hydrogen-bond acceptors (Lipinski definition) is 2. The number of imide groups is 1. The van der Waals surface area contributed by atoms with Crippen LogP contribution in [0, 0.1) is 29.1 Å². The van der Waals surface area contributed by atoms with E-state index in [-0.39, 0.29) is 4.90 Å². The van der Waals surface area contributed by atoms with E-state index in [1.54, 1.807) is 5.32 Å². The number of nitrogens with zero attached hydrogens (tertiary/aromatic N) is 1. The van der Waals surface area contributed by atoms with E-state index in [1.807, 2.05) is 0 Å². The van der Waals surface area contributed by atoms with Crippen molar-refractivity contribution in [1.29, 1.82) is 0 Å². The molecular weight excluding hydrogens is 263 g/mol. The van der Waals surface area contributed by atoms with Crippen molar-refractivity contribution in [3.63, 3.8) is 0 Å². The summed E-state index contributed by atoms with van der Waals surface area (Å²) in [5, 5.41) is 1.65. The number of carbonyl (C=O) groups excluding carboxylic acids is 2. The first kappa shape index (κ1) is 12.3. The van der Waals surface area contributed by atoms with Gasteiger partial charge in [-0.3, -0.25) is 15.0 Å². The summed E-state index contributed by atoms with van der Waals surface area (Å²) in [4.78, 5) is 22.1. The Morgan fingerprint density at radius 3 is 1.67 bits per heavy atom. The quantitative estimate of drug-likeness (QED) is 0.362. The van der Waals surface area contributed by atoms with Crippen LogP contribution < -0.4 is 10.2 Å². The molecule has 0 radical (unpaired) electrons. The van der Waals surface area contributed by atoms with Gasteiger partial charge in [-0.25, -0.2) is 26.7 Å². The van der Waals surface area contributed by atoms with Gasteiger partial charge < -0.3 is 0 Å². The molecule has 0 bridgehead atoms. The highest BCUT2D eigenvalue weighted by Gasteiger charge is 2.36.